The Morgan fingerprint density at radius 1 is 1.44 bits per heavy atom. The lowest BCUT2D eigenvalue weighted by Gasteiger charge is -2.10. The maximum absolute atomic E-state index is 12.1. The van der Waals surface area contributed by atoms with Gasteiger partial charge in [-0.2, -0.15) is 0 Å². The van der Waals surface area contributed by atoms with E-state index in [-0.39, 0.29) is 17.7 Å². The van der Waals surface area contributed by atoms with Crippen molar-refractivity contribution in [3.05, 3.63) is 45.6 Å². The van der Waals surface area contributed by atoms with Crippen molar-refractivity contribution >= 4 is 6.08 Å². The summed E-state index contributed by atoms with van der Waals surface area (Å²) in [6.45, 7) is 1.54. The summed E-state index contributed by atoms with van der Waals surface area (Å²) in [6.07, 6.45) is -3.65. The van der Waals surface area contributed by atoms with E-state index >= 15 is 0 Å². The number of hydrogen-bond donors (Lipinski definition) is 0. The third kappa shape index (κ3) is 4.08. The number of rotatable bonds is 4. The normalized spacial score (nSPS) is 12.3. The lowest BCUT2D eigenvalue weighted by Crippen LogP contribution is -2.17. The van der Waals surface area contributed by atoms with Crippen LogP contribution in [0.2, 0.25) is 0 Å². The molecule has 0 atom stereocenters. The Kier molecular flexibility index (Phi) is 4.30. The van der Waals surface area contributed by atoms with Gasteiger partial charge in [-0.1, -0.05) is 25.1 Å². The Morgan fingerprint density at radius 3 is 2.56 bits per heavy atom. The van der Waals surface area contributed by atoms with Crippen molar-refractivity contribution in [3.8, 4) is 5.75 Å². The average molecular weight is 261 g/mol. The molecule has 0 unspecified atom stereocenters. The van der Waals surface area contributed by atoms with Gasteiger partial charge in [0.2, 0.25) is 5.70 Å². The van der Waals surface area contributed by atoms with Gasteiger partial charge in [0.05, 0.1) is 4.92 Å². The van der Waals surface area contributed by atoms with Crippen LogP contribution in [0, 0.1) is 10.1 Å². The largest absolute Gasteiger partial charge is 0.573 e. The molecule has 0 amide bonds. The number of nitrogens with zero attached hydrogens (tertiary/aromatic N) is 1. The van der Waals surface area contributed by atoms with Crippen molar-refractivity contribution < 1.29 is 22.8 Å². The van der Waals surface area contributed by atoms with Gasteiger partial charge in [-0.05, 0) is 6.07 Å². The molecule has 0 aliphatic rings. The minimum atomic E-state index is -4.83. The van der Waals surface area contributed by atoms with E-state index in [1.54, 1.807) is 6.92 Å². The van der Waals surface area contributed by atoms with Gasteiger partial charge in [0, 0.05) is 18.1 Å². The molecule has 1 aromatic rings. The first-order chi connectivity index (χ1) is 8.33. The number of benzene rings is 1. The van der Waals surface area contributed by atoms with Crippen LogP contribution in [0.3, 0.4) is 0 Å². The maximum Gasteiger partial charge on any atom is 0.573 e. The van der Waals surface area contributed by atoms with Crippen LogP contribution >= 0.6 is 0 Å². The summed E-state index contributed by atoms with van der Waals surface area (Å²) in [5.74, 6) is -0.460. The molecule has 98 valence electrons. The molecule has 7 heteroatoms. The summed E-state index contributed by atoms with van der Waals surface area (Å²) >= 11 is 0. The van der Waals surface area contributed by atoms with E-state index in [0.717, 1.165) is 12.1 Å². The van der Waals surface area contributed by atoms with Gasteiger partial charge < -0.3 is 4.74 Å². The number of ether oxygens (including phenoxy) is 1. The number of alkyl halides is 3. The molecule has 0 N–H and O–H groups in total. The van der Waals surface area contributed by atoms with E-state index in [1.807, 2.05) is 0 Å². The Hall–Kier alpha value is -2.05. The number of allylic oxidation sites excluding steroid dienone is 1. The molecule has 0 heterocycles. The van der Waals surface area contributed by atoms with Gasteiger partial charge in [0.25, 0.3) is 0 Å². The van der Waals surface area contributed by atoms with Gasteiger partial charge in [-0.15, -0.1) is 13.2 Å². The highest BCUT2D eigenvalue weighted by molar-refractivity contribution is 5.58. The Labute approximate surface area is 101 Å². The van der Waals surface area contributed by atoms with Crippen molar-refractivity contribution in [2.24, 2.45) is 0 Å². The topological polar surface area (TPSA) is 52.4 Å². The third-order valence-electron chi connectivity index (χ3n) is 2.06. The molecule has 0 saturated carbocycles. The SMILES string of the molecule is CCC(=Cc1ccccc1OC(F)(F)F)[N+](=O)[O-]. The summed E-state index contributed by atoms with van der Waals surface area (Å²) in [6, 6.07) is 5.26. The predicted molar refractivity (Wildman–Crippen MR) is 58.4 cm³/mol. The molecule has 4 nitrogen and oxygen atoms in total. The molecule has 1 aromatic carbocycles. The first-order valence-corrected chi connectivity index (χ1v) is 5.03. The maximum atomic E-state index is 12.1. The molecule has 0 aliphatic carbocycles. The lowest BCUT2D eigenvalue weighted by molar-refractivity contribution is -0.425. The van der Waals surface area contributed by atoms with E-state index < -0.39 is 17.0 Å². The molecule has 0 bridgehead atoms. The number of nitro groups is 1. The standard InChI is InChI=1S/C11H10F3NO3/c1-2-9(15(16)17)7-8-5-3-4-6-10(8)18-11(12,13)14/h3-7H,2H2,1H3. The number of hydrogen-bond acceptors (Lipinski definition) is 3. The van der Waals surface area contributed by atoms with Crippen LogP contribution in [0.15, 0.2) is 30.0 Å². The van der Waals surface area contributed by atoms with Crippen molar-refractivity contribution in [2.75, 3.05) is 0 Å². The molecule has 0 aromatic heterocycles. The summed E-state index contributed by atoms with van der Waals surface area (Å²) in [5.41, 5.74) is -0.170. The molecule has 0 spiro atoms. The quantitative estimate of drug-likeness (QED) is 0.614. The number of halogens is 3. The van der Waals surface area contributed by atoms with Gasteiger partial charge in [0.1, 0.15) is 5.75 Å². The van der Waals surface area contributed by atoms with Crippen LogP contribution in [-0.4, -0.2) is 11.3 Å². The zero-order valence-electron chi connectivity index (χ0n) is 9.40. The molecule has 1 rings (SSSR count). The minimum absolute atomic E-state index is 0.0170. The van der Waals surface area contributed by atoms with Crippen molar-refractivity contribution in [1.29, 1.82) is 0 Å². The summed E-state index contributed by atoms with van der Waals surface area (Å²) in [5, 5.41) is 10.6. The second-order valence-corrected chi connectivity index (χ2v) is 3.33. The highest BCUT2D eigenvalue weighted by atomic mass is 19.4. The van der Waals surface area contributed by atoms with E-state index in [1.165, 1.54) is 18.2 Å². The molecule has 0 radical (unpaired) electrons. The van der Waals surface area contributed by atoms with Gasteiger partial charge >= 0.3 is 6.36 Å². The van der Waals surface area contributed by atoms with Gasteiger partial charge in [-0.3, -0.25) is 10.1 Å². The average Bonchev–Trinajstić information content (AvgIpc) is 2.25. The summed E-state index contributed by atoms with van der Waals surface area (Å²) in [7, 11) is 0. The first kappa shape index (κ1) is 14.0. The van der Waals surface area contributed by atoms with Crippen molar-refractivity contribution in [2.45, 2.75) is 19.7 Å². The Bertz CT molecular complexity index is 469. The van der Waals surface area contributed by atoms with Crippen LogP contribution in [0.25, 0.3) is 6.08 Å². The number of para-hydroxylation sites is 1. The smallest absolute Gasteiger partial charge is 0.405 e. The van der Waals surface area contributed by atoms with E-state index in [4.69, 9.17) is 0 Å². The minimum Gasteiger partial charge on any atom is -0.405 e. The second-order valence-electron chi connectivity index (χ2n) is 3.33. The monoisotopic (exact) mass is 261 g/mol. The van der Waals surface area contributed by atoms with Crippen LogP contribution in [0.1, 0.15) is 18.9 Å². The molecule has 18 heavy (non-hydrogen) atoms. The lowest BCUT2D eigenvalue weighted by atomic mass is 10.1. The van der Waals surface area contributed by atoms with Crippen molar-refractivity contribution in [1.82, 2.24) is 0 Å². The Morgan fingerprint density at radius 2 is 2.06 bits per heavy atom. The van der Waals surface area contributed by atoms with Crippen LogP contribution in [0.5, 0.6) is 5.75 Å². The van der Waals surface area contributed by atoms with Gasteiger partial charge in [0.15, 0.2) is 0 Å². The fourth-order valence-corrected chi connectivity index (χ4v) is 1.28. The van der Waals surface area contributed by atoms with Crippen molar-refractivity contribution in [3.63, 3.8) is 0 Å². The van der Waals surface area contributed by atoms with E-state index in [9.17, 15) is 23.3 Å². The Balaban J connectivity index is 3.13. The summed E-state index contributed by atoms with van der Waals surface area (Å²) in [4.78, 5) is 9.97. The summed E-state index contributed by atoms with van der Waals surface area (Å²) < 4.78 is 40.2. The molecule has 0 aliphatic heterocycles. The van der Waals surface area contributed by atoms with E-state index in [0.29, 0.717) is 0 Å². The highest BCUT2D eigenvalue weighted by Crippen LogP contribution is 2.28. The fourth-order valence-electron chi connectivity index (χ4n) is 1.28. The fraction of sp³-hybridized carbons (Fsp3) is 0.273. The van der Waals surface area contributed by atoms with Crippen LogP contribution in [-0.2, 0) is 0 Å². The zero-order valence-corrected chi connectivity index (χ0v) is 9.40. The van der Waals surface area contributed by atoms with Crippen LogP contribution < -0.4 is 4.74 Å². The molecular weight excluding hydrogens is 251 g/mol. The van der Waals surface area contributed by atoms with E-state index in [2.05, 4.69) is 4.74 Å². The zero-order chi connectivity index (χ0) is 13.8. The van der Waals surface area contributed by atoms with Gasteiger partial charge in [-0.25, -0.2) is 0 Å². The molecule has 0 saturated heterocycles. The van der Waals surface area contributed by atoms with Crippen LogP contribution in [0.4, 0.5) is 13.2 Å². The molecular formula is C11H10F3NO3. The third-order valence-corrected chi connectivity index (χ3v) is 2.06. The molecule has 0 fully saturated rings. The first-order valence-electron chi connectivity index (χ1n) is 5.03. The second kappa shape index (κ2) is 5.52. The highest BCUT2D eigenvalue weighted by Gasteiger charge is 2.32. The predicted octanol–water partition coefficient (Wildman–Crippen LogP) is 3.61.